The lowest BCUT2D eigenvalue weighted by Crippen LogP contribution is -2.29. The topological polar surface area (TPSA) is 85.3 Å². The summed E-state index contributed by atoms with van der Waals surface area (Å²) in [5, 5.41) is 11.7. The summed E-state index contributed by atoms with van der Waals surface area (Å²) in [6, 6.07) is 17.7. The first-order valence-electron chi connectivity index (χ1n) is 11.8. The molecule has 4 rings (SSSR count). The number of carbonyl (C=O) groups is 2. The second kappa shape index (κ2) is 11.0. The maximum Gasteiger partial charge on any atom is 0.300 e. The highest BCUT2D eigenvalue weighted by atomic mass is 35.5. The van der Waals surface area contributed by atoms with E-state index in [1.165, 1.54) is 18.1 Å². The van der Waals surface area contributed by atoms with Crippen LogP contribution in [0, 0.1) is 5.92 Å². The Bertz CT molecular complexity index is 1330. The summed E-state index contributed by atoms with van der Waals surface area (Å²) in [6.45, 7) is 4.66. The van der Waals surface area contributed by atoms with E-state index in [9.17, 15) is 14.7 Å². The molecule has 0 radical (unpaired) electrons. The van der Waals surface area contributed by atoms with Crippen molar-refractivity contribution in [1.29, 1.82) is 0 Å². The van der Waals surface area contributed by atoms with Gasteiger partial charge in [0.1, 0.15) is 23.0 Å². The third-order valence-corrected chi connectivity index (χ3v) is 6.23. The number of aliphatic hydroxyl groups excluding tert-OH is 1. The lowest BCUT2D eigenvalue weighted by Gasteiger charge is -2.26. The van der Waals surface area contributed by atoms with E-state index in [2.05, 4.69) is 13.8 Å². The minimum Gasteiger partial charge on any atom is -0.507 e. The molecule has 1 aliphatic rings. The second-order valence-electron chi connectivity index (χ2n) is 8.99. The standard InChI is InChI=1S/C29H28ClNO6/c1-17(2)16-37-22-12-8-20(9-13-22)31-26(18-5-10-21(35-3)11-6-18)25(28(33)29(31)34)27(32)23-15-19(30)7-14-24(23)36-4/h5-15,17,26,32H,16H2,1-4H3/b27-25+. The van der Waals surface area contributed by atoms with Crippen molar-refractivity contribution >= 4 is 34.7 Å². The quantitative estimate of drug-likeness (QED) is 0.222. The monoisotopic (exact) mass is 521 g/mol. The van der Waals surface area contributed by atoms with Crippen LogP contribution in [-0.2, 0) is 9.59 Å². The Morgan fingerprint density at radius 2 is 1.59 bits per heavy atom. The number of nitrogens with zero attached hydrogens (tertiary/aromatic N) is 1. The molecule has 1 N–H and O–H groups in total. The predicted molar refractivity (Wildman–Crippen MR) is 143 cm³/mol. The van der Waals surface area contributed by atoms with Crippen LogP contribution in [0.25, 0.3) is 5.76 Å². The zero-order valence-electron chi connectivity index (χ0n) is 21.0. The first-order valence-corrected chi connectivity index (χ1v) is 12.1. The summed E-state index contributed by atoms with van der Waals surface area (Å²) in [5.74, 6) is -0.0237. The molecule has 1 fully saturated rings. The lowest BCUT2D eigenvalue weighted by atomic mass is 9.94. The SMILES string of the molecule is COc1ccc(C2/C(=C(\O)c3cc(Cl)ccc3OC)C(=O)C(=O)N2c2ccc(OCC(C)C)cc2)cc1. The fourth-order valence-corrected chi connectivity index (χ4v) is 4.35. The van der Waals surface area contributed by atoms with Gasteiger partial charge in [0, 0.05) is 10.7 Å². The molecule has 0 aromatic heterocycles. The van der Waals surface area contributed by atoms with Crippen LogP contribution < -0.4 is 19.1 Å². The van der Waals surface area contributed by atoms with Crippen molar-refractivity contribution in [3.8, 4) is 17.2 Å². The largest absolute Gasteiger partial charge is 0.507 e. The minimum absolute atomic E-state index is 0.0733. The third-order valence-electron chi connectivity index (χ3n) is 5.99. The Labute approximate surface area is 220 Å². The van der Waals surface area contributed by atoms with Crippen LogP contribution in [0.15, 0.2) is 72.3 Å². The number of hydrogen-bond acceptors (Lipinski definition) is 6. The molecule has 3 aromatic rings. The van der Waals surface area contributed by atoms with Crippen molar-refractivity contribution in [2.75, 3.05) is 25.7 Å². The van der Waals surface area contributed by atoms with E-state index >= 15 is 0 Å². The molecule has 192 valence electrons. The van der Waals surface area contributed by atoms with Gasteiger partial charge in [-0.15, -0.1) is 0 Å². The van der Waals surface area contributed by atoms with Crippen molar-refractivity contribution in [3.63, 3.8) is 0 Å². The predicted octanol–water partition coefficient (Wildman–Crippen LogP) is 6.02. The Morgan fingerprint density at radius 1 is 0.946 bits per heavy atom. The van der Waals surface area contributed by atoms with Crippen LogP contribution in [0.1, 0.15) is 31.0 Å². The smallest absolute Gasteiger partial charge is 0.300 e. The molecule has 1 saturated heterocycles. The van der Waals surface area contributed by atoms with E-state index in [4.69, 9.17) is 25.8 Å². The number of aliphatic hydroxyl groups is 1. The van der Waals surface area contributed by atoms with Gasteiger partial charge in [0.2, 0.25) is 0 Å². The number of methoxy groups -OCH3 is 2. The van der Waals surface area contributed by atoms with E-state index in [1.807, 2.05) is 0 Å². The lowest BCUT2D eigenvalue weighted by molar-refractivity contribution is -0.132. The first-order chi connectivity index (χ1) is 17.7. The van der Waals surface area contributed by atoms with Crippen molar-refractivity contribution in [2.24, 2.45) is 5.92 Å². The number of rotatable bonds is 8. The highest BCUT2D eigenvalue weighted by molar-refractivity contribution is 6.51. The number of benzene rings is 3. The highest BCUT2D eigenvalue weighted by Crippen LogP contribution is 2.44. The molecule has 0 saturated carbocycles. The van der Waals surface area contributed by atoms with E-state index in [-0.39, 0.29) is 16.9 Å². The molecule has 1 atom stereocenters. The highest BCUT2D eigenvalue weighted by Gasteiger charge is 2.47. The molecular formula is C29H28ClNO6. The van der Waals surface area contributed by atoms with Crippen molar-refractivity contribution in [1.82, 2.24) is 0 Å². The normalized spacial score (nSPS) is 16.8. The molecule has 1 amide bonds. The summed E-state index contributed by atoms with van der Waals surface area (Å²) >= 11 is 6.18. The summed E-state index contributed by atoms with van der Waals surface area (Å²) in [7, 11) is 3.00. The Balaban J connectivity index is 1.86. The van der Waals surface area contributed by atoms with Crippen LogP contribution in [0.5, 0.6) is 17.2 Å². The number of ether oxygens (including phenoxy) is 3. The first kappa shape index (κ1) is 26.1. The molecule has 3 aromatic carbocycles. The summed E-state index contributed by atoms with van der Waals surface area (Å²) in [6.07, 6.45) is 0. The van der Waals surface area contributed by atoms with Gasteiger partial charge in [-0.25, -0.2) is 0 Å². The molecule has 0 aliphatic carbocycles. The molecule has 7 nitrogen and oxygen atoms in total. The maximum atomic E-state index is 13.4. The van der Waals surface area contributed by atoms with E-state index in [1.54, 1.807) is 67.8 Å². The summed E-state index contributed by atoms with van der Waals surface area (Å²) < 4.78 is 16.4. The van der Waals surface area contributed by atoms with Gasteiger partial charge in [-0.05, 0) is 66.1 Å². The van der Waals surface area contributed by atoms with Crippen molar-refractivity contribution in [2.45, 2.75) is 19.9 Å². The molecule has 8 heteroatoms. The molecule has 0 bridgehead atoms. The van der Waals surface area contributed by atoms with Crippen LogP contribution in [0.4, 0.5) is 5.69 Å². The number of anilines is 1. The average molecular weight is 522 g/mol. The number of halogens is 1. The zero-order valence-corrected chi connectivity index (χ0v) is 21.8. The van der Waals surface area contributed by atoms with E-state index < -0.39 is 17.7 Å². The van der Waals surface area contributed by atoms with Gasteiger partial charge in [0.05, 0.1) is 38.0 Å². The van der Waals surface area contributed by atoms with Crippen LogP contribution in [0.3, 0.4) is 0 Å². The van der Waals surface area contributed by atoms with Crippen LogP contribution in [0.2, 0.25) is 5.02 Å². The van der Waals surface area contributed by atoms with Crippen molar-refractivity contribution < 1.29 is 28.9 Å². The third kappa shape index (κ3) is 5.27. The number of Topliss-reactive ketones (excluding diaryl/α,β-unsaturated/α-hetero) is 1. The summed E-state index contributed by atoms with van der Waals surface area (Å²) in [4.78, 5) is 28.2. The van der Waals surface area contributed by atoms with Gasteiger partial charge in [-0.3, -0.25) is 14.5 Å². The number of amides is 1. The molecule has 0 spiro atoms. The zero-order chi connectivity index (χ0) is 26.7. The van der Waals surface area contributed by atoms with Gasteiger partial charge >= 0.3 is 0 Å². The van der Waals surface area contributed by atoms with Gasteiger partial charge in [0.15, 0.2) is 0 Å². The van der Waals surface area contributed by atoms with Gasteiger partial charge in [-0.2, -0.15) is 0 Å². The fraction of sp³-hybridized carbons (Fsp3) is 0.241. The van der Waals surface area contributed by atoms with Gasteiger partial charge in [-0.1, -0.05) is 37.6 Å². The number of ketones is 1. The summed E-state index contributed by atoms with van der Waals surface area (Å²) in [5.41, 5.74) is 1.24. The van der Waals surface area contributed by atoms with Gasteiger partial charge in [0.25, 0.3) is 11.7 Å². The van der Waals surface area contributed by atoms with E-state index in [0.717, 1.165) is 0 Å². The molecule has 37 heavy (non-hydrogen) atoms. The van der Waals surface area contributed by atoms with Gasteiger partial charge < -0.3 is 19.3 Å². The van der Waals surface area contributed by atoms with Crippen molar-refractivity contribution in [3.05, 3.63) is 88.5 Å². The maximum absolute atomic E-state index is 13.4. The van der Waals surface area contributed by atoms with Crippen LogP contribution >= 0.6 is 11.6 Å². The number of carbonyl (C=O) groups excluding carboxylic acids is 2. The molecule has 1 heterocycles. The Hall–Kier alpha value is -3.97. The average Bonchev–Trinajstić information content (AvgIpc) is 3.17. The van der Waals surface area contributed by atoms with Crippen LogP contribution in [-0.4, -0.2) is 37.6 Å². The second-order valence-corrected chi connectivity index (χ2v) is 9.42. The Morgan fingerprint density at radius 3 is 2.19 bits per heavy atom. The molecular weight excluding hydrogens is 494 g/mol. The fourth-order valence-electron chi connectivity index (χ4n) is 4.18. The molecule has 1 unspecified atom stereocenters. The minimum atomic E-state index is -0.906. The Kier molecular flexibility index (Phi) is 7.74. The molecule has 1 aliphatic heterocycles. The number of hydrogen-bond donors (Lipinski definition) is 1. The van der Waals surface area contributed by atoms with E-state index in [0.29, 0.717) is 46.0 Å².